The van der Waals surface area contributed by atoms with E-state index < -0.39 is 24.2 Å². The molecule has 0 saturated carbocycles. The Labute approximate surface area is 331 Å². The molecule has 0 aliphatic rings. The van der Waals surface area contributed by atoms with Crippen molar-refractivity contribution in [2.24, 2.45) is 0 Å². The number of amides is 1. The number of hydrogen-bond donors (Lipinski definition) is 4. The summed E-state index contributed by atoms with van der Waals surface area (Å²) in [5.41, 5.74) is 0. The summed E-state index contributed by atoms with van der Waals surface area (Å²) >= 11 is 0. The normalized spacial score (nSPS) is 13.5. The first-order valence-corrected chi connectivity index (χ1v) is 24.0. The van der Waals surface area contributed by atoms with Crippen molar-refractivity contribution in [1.29, 1.82) is 0 Å². The molecule has 0 spiro atoms. The van der Waals surface area contributed by atoms with Crippen LogP contribution >= 0.6 is 0 Å². The van der Waals surface area contributed by atoms with Crippen LogP contribution in [0.5, 0.6) is 0 Å². The van der Waals surface area contributed by atoms with Gasteiger partial charge in [-0.15, -0.1) is 0 Å². The number of aliphatic hydroxyl groups is 3. The van der Waals surface area contributed by atoms with E-state index in [2.05, 4.69) is 31.3 Å². The molecule has 0 aromatic carbocycles. The highest BCUT2D eigenvalue weighted by Crippen LogP contribution is 2.17. The van der Waals surface area contributed by atoms with Crippen LogP contribution in [0.2, 0.25) is 0 Å². The first-order chi connectivity index (χ1) is 26.1. The van der Waals surface area contributed by atoms with E-state index in [0.717, 1.165) is 44.9 Å². The Morgan fingerprint density at radius 3 is 1.04 bits per heavy atom. The maximum atomic E-state index is 12.5. The molecule has 53 heavy (non-hydrogen) atoms. The van der Waals surface area contributed by atoms with E-state index in [1.165, 1.54) is 193 Å². The van der Waals surface area contributed by atoms with Crippen LogP contribution < -0.4 is 5.32 Å². The van der Waals surface area contributed by atoms with Gasteiger partial charge in [0.25, 0.3) is 0 Å². The summed E-state index contributed by atoms with van der Waals surface area (Å²) < 4.78 is 0. The molecule has 0 aromatic heterocycles. The van der Waals surface area contributed by atoms with Crippen molar-refractivity contribution in [2.45, 2.75) is 283 Å². The molecule has 0 bridgehead atoms. The van der Waals surface area contributed by atoms with Crippen molar-refractivity contribution in [3.63, 3.8) is 0 Å². The van der Waals surface area contributed by atoms with E-state index >= 15 is 0 Å². The van der Waals surface area contributed by atoms with Crippen LogP contribution in [-0.4, -0.2) is 46.1 Å². The molecule has 1 amide bonds. The maximum absolute atomic E-state index is 12.5. The van der Waals surface area contributed by atoms with Crippen LogP contribution in [0, 0.1) is 0 Å². The molecule has 0 rings (SSSR count). The zero-order valence-electron chi connectivity index (χ0n) is 35.9. The van der Waals surface area contributed by atoms with Gasteiger partial charge in [-0.25, -0.2) is 0 Å². The summed E-state index contributed by atoms with van der Waals surface area (Å²) in [6.07, 6.45) is 52.2. The summed E-state index contributed by atoms with van der Waals surface area (Å²) in [4.78, 5) is 12.5. The highest BCUT2D eigenvalue weighted by molar-refractivity contribution is 5.80. The van der Waals surface area contributed by atoms with Gasteiger partial charge in [0.05, 0.1) is 18.8 Å². The van der Waals surface area contributed by atoms with Crippen molar-refractivity contribution >= 4 is 5.91 Å². The fourth-order valence-corrected chi connectivity index (χ4v) is 7.60. The monoisotopic (exact) mass is 750 g/mol. The van der Waals surface area contributed by atoms with Crippen LogP contribution in [-0.2, 0) is 4.79 Å². The summed E-state index contributed by atoms with van der Waals surface area (Å²) in [6.45, 7) is 4.25. The number of allylic oxidation sites excluding steroid dienone is 2. The summed E-state index contributed by atoms with van der Waals surface area (Å²) in [5, 5.41) is 33.4. The average Bonchev–Trinajstić information content (AvgIpc) is 3.16. The lowest BCUT2D eigenvalue weighted by Crippen LogP contribution is -2.49. The maximum Gasteiger partial charge on any atom is 0.249 e. The zero-order valence-corrected chi connectivity index (χ0v) is 35.9. The van der Waals surface area contributed by atoms with Crippen LogP contribution in [0.15, 0.2) is 12.2 Å². The van der Waals surface area contributed by atoms with Gasteiger partial charge in [0.2, 0.25) is 5.91 Å². The van der Waals surface area contributed by atoms with Gasteiger partial charge in [-0.05, 0) is 38.5 Å². The van der Waals surface area contributed by atoms with Gasteiger partial charge < -0.3 is 20.6 Å². The quantitative estimate of drug-likeness (QED) is 0.0369. The minimum atomic E-state index is -1.08. The second-order valence-corrected chi connectivity index (χ2v) is 16.7. The van der Waals surface area contributed by atoms with Crippen LogP contribution in [0.25, 0.3) is 0 Å². The molecule has 316 valence electrons. The molecule has 3 atom stereocenters. The standard InChI is InChI=1S/C48H95NO4/c1-3-5-7-9-11-13-15-17-19-21-22-23-24-25-27-28-30-32-34-36-38-40-42-46(51)45(44-50)49-48(53)47(52)43-41-39-37-35-33-31-29-26-20-18-16-14-12-10-8-6-4-2/h29,31,45-47,50-52H,3-28,30,32-44H2,1-2H3,(H,49,53)/b31-29-. The largest absolute Gasteiger partial charge is 0.394 e. The van der Waals surface area contributed by atoms with Crippen LogP contribution in [0.4, 0.5) is 0 Å². The fraction of sp³-hybridized carbons (Fsp3) is 0.938. The first kappa shape index (κ1) is 52.1. The predicted molar refractivity (Wildman–Crippen MR) is 232 cm³/mol. The van der Waals surface area contributed by atoms with Crippen LogP contribution in [0.3, 0.4) is 0 Å². The molecule has 5 heteroatoms. The molecule has 0 fully saturated rings. The molecule has 0 aliphatic carbocycles. The lowest BCUT2D eigenvalue weighted by Gasteiger charge is -2.23. The Kier molecular flexibility index (Phi) is 43.1. The summed E-state index contributed by atoms with van der Waals surface area (Å²) in [6, 6.07) is -0.714. The molecule has 3 unspecified atom stereocenters. The average molecular weight is 750 g/mol. The number of carbonyl (C=O) groups excluding carboxylic acids is 1. The van der Waals surface area contributed by atoms with Crippen molar-refractivity contribution < 1.29 is 20.1 Å². The van der Waals surface area contributed by atoms with Crippen molar-refractivity contribution in [3.8, 4) is 0 Å². The molecule has 0 aliphatic heterocycles. The van der Waals surface area contributed by atoms with Gasteiger partial charge in [0.15, 0.2) is 0 Å². The highest BCUT2D eigenvalue weighted by atomic mass is 16.3. The molecule has 5 nitrogen and oxygen atoms in total. The van der Waals surface area contributed by atoms with E-state index in [1.54, 1.807) is 0 Å². The lowest BCUT2D eigenvalue weighted by atomic mass is 10.0. The summed E-state index contributed by atoms with van der Waals surface area (Å²) in [7, 11) is 0. The third kappa shape index (κ3) is 39.1. The van der Waals surface area contributed by atoms with Crippen molar-refractivity contribution in [3.05, 3.63) is 12.2 Å². The van der Waals surface area contributed by atoms with Crippen molar-refractivity contribution in [2.75, 3.05) is 6.61 Å². The molecule has 0 heterocycles. The Balaban J connectivity index is 3.58. The number of aliphatic hydroxyl groups excluding tert-OH is 3. The van der Waals surface area contributed by atoms with E-state index in [9.17, 15) is 20.1 Å². The second-order valence-electron chi connectivity index (χ2n) is 16.7. The molecular formula is C48H95NO4. The van der Waals surface area contributed by atoms with Gasteiger partial charge in [-0.2, -0.15) is 0 Å². The number of nitrogens with one attached hydrogen (secondary N) is 1. The molecule has 0 radical (unpaired) electrons. The lowest BCUT2D eigenvalue weighted by molar-refractivity contribution is -0.131. The van der Waals surface area contributed by atoms with Gasteiger partial charge in [0.1, 0.15) is 6.10 Å². The summed E-state index contributed by atoms with van der Waals surface area (Å²) in [5.74, 6) is -0.475. The van der Waals surface area contributed by atoms with E-state index in [0.29, 0.717) is 12.8 Å². The van der Waals surface area contributed by atoms with Gasteiger partial charge in [-0.1, -0.05) is 238 Å². The SMILES string of the molecule is CCCCCCCCCCC/C=C\CCCCCCC(O)C(=O)NC(CO)C(O)CCCCCCCCCCCCCCCCCCCCCCCC. The predicted octanol–water partition coefficient (Wildman–Crippen LogP) is 14.0. The number of rotatable bonds is 44. The fourth-order valence-electron chi connectivity index (χ4n) is 7.60. The Morgan fingerprint density at radius 2 is 0.717 bits per heavy atom. The molecule has 0 saturated heterocycles. The van der Waals surface area contributed by atoms with E-state index in [1.807, 2.05) is 0 Å². The molecular weight excluding hydrogens is 655 g/mol. The Hall–Kier alpha value is -0.910. The minimum absolute atomic E-state index is 0.314. The third-order valence-electron chi connectivity index (χ3n) is 11.4. The second kappa shape index (κ2) is 43.8. The number of hydrogen-bond acceptors (Lipinski definition) is 4. The first-order valence-electron chi connectivity index (χ1n) is 24.0. The number of unbranched alkanes of at least 4 members (excludes halogenated alkanes) is 34. The number of carbonyl (C=O) groups is 1. The molecule has 0 aromatic rings. The van der Waals surface area contributed by atoms with Gasteiger partial charge in [0, 0.05) is 0 Å². The van der Waals surface area contributed by atoms with E-state index in [4.69, 9.17) is 0 Å². The zero-order chi connectivity index (χ0) is 38.7. The van der Waals surface area contributed by atoms with Crippen molar-refractivity contribution in [1.82, 2.24) is 5.32 Å². The van der Waals surface area contributed by atoms with Gasteiger partial charge in [-0.3, -0.25) is 4.79 Å². The smallest absolute Gasteiger partial charge is 0.249 e. The van der Waals surface area contributed by atoms with Gasteiger partial charge >= 0.3 is 0 Å². The molecule has 4 N–H and O–H groups in total. The van der Waals surface area contributed by atoms with E-state index in [-0.39, 0.29) is 6.61 Å². The highest BCUT2D eigenvalue weighted by Gasteiger charge is 2.23. The van der Waals surface area contributed by atoms with Crippen LogP contribution in [0.1, 0.15) is 264 Å². The minimum Gasteiger partial charge on any atom is -0.394 e. The Morgan fingerprint density at radius 1 is 0.434 bits per heavy atom. The third-order valence-corrected chi connectivity index (χ3v) is 11.4. The topological polar surface area (TPSA) is 89.8 Å². The Bertz CT molecular complexity index is 743.